The monoisotopic (exact) mass is 228 g/mol. The largest absolute Gasteiger partial charge is 0.478 e. The van der Waals surface area contributed by atoms with Gasteiger partial charge in [-0.3, -0.25) is 0 Å². The molecular weight excluding hydrogens is 223 g/mol. The lowest BCUT2D eigenvalue weighted by Crippen LogP contribution is -1.97. The van der Waals surface area contributed by atoms with Gasteiger partial charge in [-0.15, -0.1) is 11.6 Å². The van der Waals surface area contributed by atoms with Crippen LogP contribution in [0.2, 0.25) is 5.02 Å². The van der Waals surface area contributed by atoms with E-state index in [1.165, 1.54) is 12.1 Å². The van der Waals surface area contributed by atoms with E-state index in [0.717, 1.165) is 0 Å². The summed E-state index contributed by atoms with van der Waals surface area (Å²) >= 11 is 11.0. The summed E-state index contributed by atoms with van der Waals surface area (Å²) in [6.45, 7) is 0. The molecule has 0 aliphatic rings. The van der Waals surface area contributed by atoms with Crippen molar-refractivity contribution in [3.8, 4) is 11.8 Å². The van der Waals surface area contributed by atoms with E-state index in [0.29, 0.717) is 5.56 Å². The Balaban J connectivity index is 3.13. The molecule has 1 aromatic carbocycles. The van der Waals surface area contributed by atoms with Crippen LogP contribution in [0.1, 0.15) is 15.9 Å². The number of carboxylic acid groups (broad SMARTS) is 1. The predicted octanol–water partition coefficient (Wildman–Crippen LogP) is 2.63. The maximum Gasteiger partial charge on any atom is 0.337 e. The zero-order chi connectivity index (χ0) is 10.6. The van der Waals surface area contributed by atoms with Crippen molar-refractivity contribution >= 4 is 29.2 Å². The van der Waals surface area contributed by atoms with Crippen molar-refractivity contribution in [3.05, 3.63) is 34.3 Å². The van der Waals surface area contributed by atoms with Gasteiger partial charge < -0.3 is 5.11 Å². The zero-order valence-electron chi connectivity index (χ0n) is 7.05. The Hall–Kier alpha value is -1.17. The molecule has 0 unspecified atom stereocenters. The first-order valence-electron chi connectivity index (χ1n) is 3.73. The maximum absolute atomic E-state index is 10.7. The van der Waals surface area contributed by atoms with Crippen molar-refractivity contribution < 1.29 is 9.90 Å². The van der Waals surface area contributed by atoms with Gasteiger partial charge in [0.25, 0.3) is 0 Å². The average Bonchev–Trinajstić information content (AvgIpc) is 2.16. The summed E-state index contributed by atoms with van der Waals surface area (Å²) in [7, 11) is 0. The van der Waals surface area contributed by atoms with Crippen LogP contribution >= 0.6 is 23.2 Å². The Morgan fingerprint density at radius 2 is 2.21 bits per heavy atom. The SMILES string of the molecule is O=C(O)c1cc(C#CCCl)ccc1Cl. The van der Waals surface area contributed by atoms with E-state index >= 15 is 0 Å². The summed E-state index contributed by atoms with van der Waals surface area (Å²) in [4.78, 5) is 10.7. The molecule has 0 amide bonds. The van der Waals surface area contributed by atoms with E-state index in [4.69, 9.17) is 28.3 Å². The van der Waals surface area contributed by atoms with Crippen molar-refractivity contribution in [1.29, 1.82) is 0 Å². The first kappa shape index (κ1) is 10.9. The van der Waals surface area contributed by atoms with Gasteiger partial charge in [0, 0.05) is 5.56 Å². The fourth-order valence-electron chi connectivity index (χ4n) is 0.902. The second kappa shape index (κ2) is 4.90. The van der Waals surface area contributed by atoms with Gasteiger partial charge in [-0.25, -0.2) is 4.79 Å². The number of halogens is 2. The maximum atomic E-state index is 10.7. The fourth-order valence-corrected chi connectivity index (χ4v) is 1.17. The van der Waals surface area contributed by atoms with Gasteiger partial charge in [0.2, 0.25) is 0 Å². The molecule has 72 valence electrons. The molecule has 1 aromatic rings. The summed E-state index contributed by atoms with van der Waals surface area (Å²) in [6, 6.07) is 4.57. The third-order valence-electron chi connectivity index (χ3n) is 1.50. The Morgan fingerprint density at radius 1 is 1.50 bits per heavy atom. The molecule has 0 saturated carbocycles. The molecule has 0 aromatic heterocycles. The lowest BCUT2D eigenvalue weighted by atomic mass is 10.1. The second-order valence-electron chi connectivity index (χ2n) is 2.44. The molecule has 0 saturated heterocycles. The molecule has 2 nitrogen and oxygen atoms in total. The predicted molar refractivity (Wildman–Crippen MR) is 56.0 cm³/mol. The van der Waals surface area contributed by atoms with Crippen LogP contribution in [-0.2, 0) is 0 Å². The Kier molecular flexibility index (Phi) is 3.82. The fraction of sp³-hybridized carbons (Fsp3) is 0.100. The molecule has 0 atom stereocenters. The van der Waals surface area contributed by atoms with Gasteiger partial charge >= 0.3 is 5.97 Å². The lowest BCUT2D eigenvalue weighted by molar-refractivity contribution is 0.0697. The first-order chi connectivity index (χ1) is 6.65. The summed E-state index contributed by atoms with van der Waals surface area (Å²) in [6.07, 6.45) is 0. The van der Waals surface area contributed by atoms with Gasteiger partial charge in [-0.05, 0) is 18.2 Å². The highest BCUT2D eigenvalue weighted by Crippen LogP contribution is 2.16. The van der Waals surface area contributed by atoms with Crippen molar-refractivity contribution in [2.45, 2.75) is 0 Å². The Bertz CT molecular complexity index is 416. The zero-order valence-corrected chi connectivity index (χ0v) is 8.56. The highest BCUT2D eigenvalue weighted by molar-refractivity contribution is 6.33. The summed E-state index contributed by atoms with van der Waals surface area (Å²) in [5, 5.41) is 8.96. The molecule has 0 aliphatic heterocycles. The van der Waals surface area contributed by atoms with Crippen LogP contribution in [0.25, 0.3) is 0 Å². The molecule has 0 aliphatic carbocycles. The normalized spacial score (nSPS) is 9.00. The number of benzene rings is 1. The van der Waals surface area contributed by atoms with Gasteiger partial charge in [0.1, 0.15) is 0 Å². The molecule has 0 spiro atoms. The smallest absolute Gasteiger partial charge is 0.337 e. The average molecular weight is 229 g/mol. The van der Waals surface area contributed by atoms with Gasteiger partial charge in [0.15, 0.2) is 0 Å². The molecule has 0 radical (unpaired) electrons. The number of carboxylic acids is 1. The van der Waals surface area contributed by atoms with Crippen LogP contribution in [0.5, 0.6) is 0 Å². The number of rotatable bonds is 1. The second-order valence-corrected chi connectivity index (χ2v) is 3.11. The molecule has 0 heterocycles. The van der Waals surface area contributed by atoms with Crippen molar-refractivity contribution in [1.82, 2.24) is 0 Å². The number of aromatic carboxylic acids is 1. The van der Waals surface area contributed by atoms with E-state index in [9.17, 15) is 4.79 Å². The van der Waals surface area contributed by atoms with Crippen LogP contribution < -0.4 is 0 Å². The Morgan fingerprint density at radius 3 is 2.79 bits per heavy atom. The van der Waals surface area contributed by atoms with Crippen molar-refractivity contribution in [3.63, 3.8) is 0 Å². The van der Waals surface area contributed by atoms with Gasteiger partial charge in [0.05, 0.1) is 16.5 Å². The minimum absolute atomic E-state index is 0.0491. The van der Waals surface area contributed by atoms with Crippen LogP contribution in [-0.4, -0.2) is 17.0 Å². The van der Waals surface area contributed by atoms with E-state index in [1.54, 1.807) is 6.07 Å². The van der Waals surface area contributed by atoms with Crippen molar-refractivity contribution in [2.75, 3.05) is 5.88 Å². The van der Waals surface area contributed by atoms with Crippen LogP contribution in [0, 0.1) is 11.8 Å². The van der Waals surface area contributed by atoms with E-state index in [2.05, 4.69) is 11.8 Å². The van der Waals surface area contributed by atoms with E-state index in [1.807, 2.05) is 0 Å². The summed E-state index contributed by atoms with van der Waals surface area (Å²) in [5.74, 6) is 4.49. The summed E-state index contributed by atoms with van der Waals surface area (Å²) in [5.41, 5.74) is 0.639. The minimum atomic E-state index is -1.07. The van der Waals surface area contributed by atoms with Crippen LogP contribution in [0.3, 0.4) is 0 Å². The first-order valence-corrected chi connectivity index (χ1v) is 4.64. The van der Waals surface area contributed by atoms with E-state index < -0.39 is 5.97 Å². The topological polar surface area (TPSA) is 37.3 Å². The summed E-state index contributed by atoms with van der Waals surface area (Å²) < 4.78 is 0. The molecular formula is C10H6Cl2O2. The standard InChI is InChI=1S/C10H6Cl2O2/c11-5-1-2-7-3-4-9(12)8(6-7)10(13)14/h3-4,6H,5H2,(H,13,14). The minimum Gasteiger partial charge on any atom is -0.478 e. The number of hydrogen-bond donors (Lipinski definition) is 1. The molecule has 0 bridgehead atoms. The Labute approximate surface area is 91.5 Å². The number of alkyl halides is 1. The molecule has 1 N–H and O–H groups in total. The quantitative estimate of drug-likeness (QED) is 0.593. The van der Waals surface area contributed by atoms with Crippen molar-refractivity contribution in [2.24, 2.45) is 0 Å². The number of carbonyl (C=O) groups is 1. The molecule has 4 heteroatoms. The van der Waals surface area contributed by atoms with E-state index in [-0.39, 0.29) is 16.5 Å². The van der Waals surface area contributed by atoms with Crippen LogP contribution in [0.15, 0.2) is 18.2 Å². The highest BCUT2D eigenvalue weighted by Gasteiger charge is 2.07. The molecule has 0 fully saturated rings. The van der Waals surface area contributed by atoms with Crippen LogP contribution in [0.4, 0.5) is 0 Å². The third kappa shape index (κ3) is 2.66. The lowest BCUT2D eigenvalue weighted by Gasteiger charge is -1.98. The van der Waals surface area contributed by atoms with Gasteiger partial charge in [-0.1, -0.05) is 23.4 Å². The van der Waals surface area contributed by atoms with Gasteiger partial charge in [-0.2, -0.15) is 0 Å². The third-order valence-corrected chi connectivity index (χ3v) is 1.96. The number of hydrogen-bond acceptors (Lipinski definition) is 1. The molecule has 1 rings (SSSR count). The highest BCUT2D eigenvalue weighted by atomic mass is 35.5. The molecule has 14 heavy (non-hydrogen) atoms.